The third kappa shape index (κ3) is 3.31. The summed E-state index contributed by atoms with van der Waals surface area (Å²) in [4.78, 5) is 22.7. The SMILES string of the molecule is N#Cc1cc(Nc2ncccn2)ccc1N1CC2CCCC(C1)C(=O)N2. The van der Waals surface area contributed by atoms with Gasteiger partial charge < -0.3 is 15.5 Å². The van der Waals surface area contributed by atoms with Gasteiger partial charge in [0.15, 0.2) is 0 Å². The molecule has 4 rings (SSSR count). The maximum atomic E-state index is 12.3. The van der Waals surface area contributed by atoms with Crippen LogP contribution in [-0.2, 0) is 4.79 Å². The Morgan fingerprint density at radius 2 is 2.08 bits per heavy atom. The summed E-state index contributed by atoms with van der Waals surface area (Å²) in [5.74, 6) is 0.626. The van der Waals surface area contributed by atoms with E-state index in [1.807, 2.05) is 18.2 Å². The van der Waals surface area contributed by atoms with Crippen molar-refractivity contribution < 1.29 is 4.79 Å². The Morgan fingerprint density at radius 1 is 1.23 bits per heavy atom. The van der Waals surface area contributed by atoms with Gasteiger partial charge in [-0.3, -0.25) is 4.79 Å². The molecule has 2 aliphatic rings. The van der Waals surface area contributed by atoms with Gasteiger partial charge in [0.2, 0.25) is 11.9 Å². The van der Waals surface area contributed by atoms with Gasteiger partial charge in [0.05, 0.1) is 17.2 Å². The Kier molecular flexibility index (Phi) is 4.40. The molecule has 0 aliphatic carbocycles. The van der Waals surface area contributed by atoms with Crippen molar-refractivity contribution in [3.63, 3.8) is 0 Å². The van der Waals surface area contributed by atoms with Crippen molar-refractivity contribution in [3.8, 4) is 6.07 Å². The number of benzene rings is 1. The second-order valence-electron chi connectivity index (χ2n) is 6.78. The van der Waals surface area contributed by atoms with Crippen molar-refractivity contribution in [2.75, 3.05) is 23.3 Å². The van der Waals surface area contributed by atoms with Gasteiger partial charge in [-0.05, 0) is 37.1 Å². The van der Waals surface area contributed by atoms with E-state index in [0.29, 0.717) is 18.1 Å². The Hall–Kier alpha value is -3.14. The molecule has 1 aromatic carbocycles. The van der Waals surface area contributed by atoms with Gasteiger partial charge in [0, 0.05) is 37.2 Å². The molecular weight excluding hydrogens is 328 g/mol. The first-order chi connectivity index (χ1) is 12.7. The summed E-state index contributed by atoms with van der Waals surface area (Å²) >= 11 is 0. The highest BCUT2D eigenvalue weighted by molar-refractivity contribution is 5.81. The number of carbonyl (C=O) groups is 1. The number of amides is 1. The lowest BCUT2D eigenvalue weighted by atomic mass is 9.98. The molecule has 0 spiro atoms. The van der Waals surface area contributed by atoms with E-state index in [1.54, 1.807) is 18.5 Å². The van der Waals surface area contributed by atoms with Gasteiger partial charge in [0.1, 0.15) is 6.07 Å². The largest absolute Gasteiger partial charge is 0.368 e. The average molecular weight is 348 g/mol. The number of hydrogen-bond donors (Lipinski definition) is 2. The fraction of sp³-hybridized carbons (Fsp3) is 0.368. The second-order valence-corrected chi connectivity index (χ2v) is 6.78. The third-order valence-electron chi connectivity index (χ3n) is 4.98. The van der Waals surface area contributed by atoms with Crippen molar-refractivity contribution in [1.29, 1.82) is 5.26 Å². The van der Waals surface area contributed by atoms with E-state index in [-0.39, 0.29) is 17.9 Å². The summed E-state index contributed by atoms with van der Waals surface area (Å²) in [7, 11) is 0. The minimum absolute atomic E-state index is 0.00966. The Morgan fingerprint density at radius 3 is 2.88 bits per heavy atom. The molecular formula is C19H20N6O. The predicted octanol–water partition coefficient (Wildman–Crippen LogP) is 2.20. The number of rotatable bonds is 3. The van der Waals surface area contributed by atoms with Crippen LogP contribution in [0.4, 0.5) is 17.3 Å². The fourth-order valence-electron chi connectivity index (χ4n) is 3.72. The van der Waals surface area contributed by atoms with Crippen LogP contribution in [0.3, 0.4) is 0 Å². The lowest BCUT2D eigenvalue weighted by Crippen LogP contribution is -2.39. The predicted molar refractivity (Wildman–Crippen MR) is 98.0 cm³/mol. The van der Waals surface area contributed by atoms with Crippen LogP contribution in [0.1, 0.15) is 24.8 Å². The standard InChI is InChI=1S/C19H20N6O/c20-10-14-9-15(24-19-21-7-2-8-22-19)5-6-17(14)25-11-13-3-1-4-16(12-25)23-18(13)26/h2,5-9,13,16H,1,3-4,11-12H2,(H,23,26)(H,21,22,24). The van der Waals surface area contributed by atoms with Gasteiger partial charge >= 0.3 is 0 Å². The van der Waals surface area contributed by atoms with Crippen molar-refractivity contribution in [2.24, 2.45) is 5.92 Å². The summed E-state index contributed by atoms with van der Waals surface area (Å²) in [6, 6.07) is 9.86. The Labute approximate surface area is 152 Å². The molecule has 7 nitrogen and oxygen atoms in total. The summed E-state index contributed by atoms with van der Waals surface area (Å²) in [5, 5.41) is 15.9. The molecule has 132 valence electrons. The van der Waals surface area contributed by atoms with Crippen LogP contribution in [0.2, 0.25) is 0 Å². The molecule has 2 N–H and O–H groups in total. The maximum Gasteiger partial charge on any atom is 0.227 e. The number of hydrogen-bond acceptors (Lipinski definition) is 6. The van der Waals surface area contributed by atoms with Crippen LogP contribution >= 0.6 is 0 Å². The molecule has 26 heavy (non-hydrogen) atoms. The van der Waals surface area contributed by atoms with E-state index in [1.165, 1.54) is 0 Å². The summed E-state index contributed by atoms with van der Waals surface area (Å²) in [6.45, 7) is 1.40. The minimum Gasteiger partial charge on any atom is -0.368 e. The molecule has 0 saturated carbocycles. The molecule has 2 aromatic rings. The number of nitrogens with zero attached hydrogens (tertiary/aromatic N) is 4. The average Bonchev–Trinajstić information content (AvgIpc) is 2.91. The molecule has 2 saturated heterocycles. The van der Waals surface area contributed by atoms with Crippen molar-refractivity contribution in [3.05, 3.63) is 42.2 Å². The minimum atomic E-state index is -0.00966. The monoisotopic (exact) mass is 348 g/mol. The normalized spacial score (nSPS) is 22.1. The number of nitriles is 1. The zero-order chi connectivity index (χ0) is 17.9. The highest BCUT2D eigenvalue weighted by Gasteiger charge is 2.33. The van der Waals surface area contributed by atoms with Gasteiger partial charge in [-0.25, -0.2) is 9.97 Å². The van der Waals surface area contributed by atoms with Crippen molar-refractivity contribution >= 4 is 23.2 Å². The van der Waals surface area contributed by atoms with Crippen LogP contribution in [0.15, 0.2) is 36.7 Å². The fourth-order valence-corrected chi connectivity index (χ4v) is 3.72. The van der Waals surface area contributed by atoms with E-state index in [4.69, 9.17) is 0 Å². The smallest absolute Gasteiger partial charge is 0.227 e. The van der Waals surface area contributed by atoms with Crippen molar-refractivity contribution in [1.82, 2.24) is 15.3 Å². The van der Waals surface area contributed by atoms with Gasteiger partial charge in [-0.15, -0.1) is 0 Å². The zero-order valence-electron chi connectivity index (χ0n) is 14.4. The highest BCUT2D eigenvalue weighted by Crippen LogP contribution is 2.30. The molecule has 2 aliphatic heterocycles. The number of anilines is 3. The number of fused-ring (bicyclic) bond motifs is 3. The van der Waals surface area contributed by atoms with Crippen LogP contribution in [0.25, 0.3) is 0 Å². The van der Waals surface area contributed by atoms with E-state index in [2.05, 4.69) is 31.6 Å². The number of aromatic nitrogens is 2. The number of nitrogens with one attached hydrogen (secondary N) is 2. The van der Waals surface area contributed by atoms with Crippen molar-refractivity contribution in [2.45, 2.75) is 25.3 Å². The van der Waals surface area contributed by atoms with Crippen LogP contribution in [0.5, 0.6) is 0 Å². The summed E-state index contributed by atoms with van der Waals surface area (Å²) < 4.78 is 0. The van der Waals surface area contributed by atoms with Crippen LogP contribution < -0.4 is 15.5 Å². The Balaban J connectivity index is 1.60. The first-order valence-corrected chi connectivity index (χ1v) is 8.86. The quantitative estimate of drug-likeness (QED) is 0.883. The second kappa shape index (κ2) is 7.00. The van der Waals surface area contributed by atoms with E-state index < -0.39 is 0 Å². The molecule has 3 heterocycles. The topological polar surface area (TPSA) is 93.9 Å². The maximum absolute atomic E-state index is 12.3. The number of carbonyl (C=O) groups excluding carboxylic acids is 1. The molecule has 2 unspecified atom stereocenters. The van der Waals surface area contributed by atoms with E-state index in [0.717, 1.165) is 37.2 Å². The summed E-state index contributed by atoms with van der Waals surface area (Å²) in [5.41, 5.74) is 2.22. The Bertz CT molecular complexity index is 847. The van der Waals surface area contributed by atoms with Gasteiger partial charge in [0.25, 0.3) is 0 Å². The zero-order valence-corrected chi connectivity index (χ0v) is 14.4. The molecule has 2 fully saturated rings. The van der Waals surface area contributed by atoms with Gasteiger partial charge in [-0.1, -0.05) is 6.42 Å². The molecule has 1 aromatic heterocycles. The van der Waals surface area contributed by atoms with E-state index in [9.17, 15) is 10.1 Å². The molecule has 7 heteroatoms. The van der Waals surface area contributed by atoms with Gasteiger partial charge in [-0.2, -0.15) is 5.26 Å². The van der Waals surface area contributed by atoms with Crippen LogP contribution in [0, 0.1) is 17.2 Å². The van der Waals surface area contributed by atoms with Crippen LogP contribution in [-0.4, -0.2) is 35.0 Å². The molecule has 0 radical (unpaired) electrons. The first kappa shape index (κ1) is 16.3. The lowest BCUT2D eigenvalue weighted by Gasteiger charge is -2.30. The first-order valence-electron chi connectivity index (χ1n) is 8.86. The lowest BCUT2D eigenvalue weighted by molar-refractivity contribution is -0.124. The van der Waals surface area contributed by atoms with E-state index >= 15 is 0 Å². The summed E-state index contributed by atoms with van der Waals surface area (Å²) in [6.07, 6.45) is 6.30. The molecule has 1 amide bonds. The highest BCUT2D eigenvalue weighted by atomic mass is 16.2. The third-order valence-corrected chi connectivity index (χ3v) is 4.98. The molecule has 2 atom stereocenters. The molecule has 2 bridgehead atoms.